The molecule has 0 radical (unpaired) electrons. The maximum atomic E-state index is 12.0. The van der Waals surface area contributed by atoms with Crippen LogP contribution < -0.4 is 0 Å². The highest BCUT2D eigenvalue weighted by molar-refractivity contribution is 5.74. The van der Waals surface area contributed by atoms with Gasteiger partial charge in [0.2, 0.25) is 6.29 Å². The summed E-state index contributed by atoms with van der Waals surface area (Å²) in [4.78, 5) is 22.5. The zero-order valence-corrected chi connectivity index (χ0v) is 12.4. The van der Waals surface area contributed by atoms with E-state index in [0.29, 0.717) is 0 Å². The lowest BCUT2D eigenvalue weighted by Gasteiger charge is -2.39. The van der Waals surface area contributed by atoms with Gasteiger partial charge < -0.3 is 35.0 Å². The van der Waals surface area contributed by atoms with Gasteiger partial charge in [-0.2, -0.15) is 0 Å². The van der Waals surface area contributed by atoms with Crippen molar-refractivity contribution in [3.63, 3.8) is 0 Å². The molecule has 0 saturated carbocycles. The minimum atomic E-state index is -1.68. The highest BCUT2D eigenvalue weighted by atomic mass is 16.7. The summed E-state index contributed by atoms with van der Waals surface area (Å²) in [5, 5.41) is 46.6. The van der Waals surface area contributed by atoms with Crippen LogP contribution in [0.2, 0.25) is 0 Å². The van der Waals surface area contributed by atoms with Gasteiger partial charge in [-0.3, -0.25) is 9.59 Å². The Morgan fingerprint density at radius 3 is 2.39 bits per heavy atom. The first-order valence-electron chi connectivity index (χ1n) is 7.17. The van der Waals surface area contributed by atoms with Crippen molar-refractivity contribution >= 4 is 11.9 Å². The quantitative estimate of drug-likeness (QED) is 0.260. The fraction of sp³-hybridized carbons (Fsp3) is 0.714. The SMILES string of the molecule is C=CC(CCCC(=O)O)C(=O)OC1O[C@H](CO)[C@H](O)[C@H](O)[C@H]1O. The molecular formula is C14H22O9. The van der Waals surface area contributed by atoms with Gasteiger partial charge in [0.25, 0.3) is 0 Å². The van der Waals surface area contributed by atoms with E-state index in [0.717, 1.165) is 0 Å². The highest BCUT2D eigenvalue weighted by Crippen LogP contribution is 2.23. The van der Waals surface area contributed by atoms with Crippen LogP contribution in [0.1, 0.15) is 19.3 Å². The van der Waals surface area contributed by atoms with Crippen molar-refractivity contribution in [2.75, 3.05) is 6.61 Å². The van der Waals surface area contributed by atoms with Gasteiger partial charge in [-0.1, -0.05) is 6.08 Å². The Bertz CT molecular complexity index is 422. The number of carbonyl (C=O) groups is 2. The van der Waals surface area contributed by atoms with Crippen LogP contribution in [0.4, 0.5) is 0 Å². The number of carboxylic acids is 1. The molecule has 5 N–H and O–H groups in total. The first kappa shape index (κ1) is 19.5. The fourth-order valence-corrected chi connectivity index (χ4v) is 2.17. The average molecular weight is 334 g/mol. The Labute approximate surface area is 132 Å². The molecule has 0 spiro atoms. The standard InChI is InChI=1S/C14H22O9/c1-2-7(4-3-5-9(16)17)13(21)23-14-12(20)11(19)10(18)8(6-15)22-14/h2,7-8,10-12,14-15,18-20H,1,3-6H2,(H,16,17)/t7?,8-,10+,11+,12-,14?/m1/s1. The van der Waals surface area contributed by atoms with E-state index >= 15 is 0 Å². The van der Waals surface area contributed by atoms with Crippen LogP contribution in [0.5, 0.6) is 0 Å². The molecule has 1 saturated heterocycles. The van der Waals surface area contributed by atoms with Gasteiger partial charge in [0, 0.05) is 6.42 Å². The molecule has 0 bridgehead atoms. The average Bonchev–Trinajstić information content (AvgIpc) is 2.51. The minimum absolute atomic E-state index is 0.113. The van der Waals surface area contributed by atoms with E-state index in [1.165, 1.54) is 6.08 Å². The lowest BCUT2D eigenvalue weighted by atomic mass is 9.99. The monoisotopic (exact) mass is 334 g/mol. The molecule has 0 aliphatic carbocycles. The lowest BCUT2D eigenvalue weighted by Crippen LogP contribution is -2.59. The fourth-order valence-electron chi connectivity index (χ4n) is 2.17. The molecule has 1 fully saturated rings. The minimum Gasteiger partial charge on any atom is -0.481 e. The van der Waals surface area contributed by atoms with Gasteiger partial charge in [0.15, 0.2) is 0 Å². The van der Waals surface area contributed by atoms with Crippen LogP contribution in [0.25, 0.3) is 0 Å². The molecule has 9 heteroatoms. The van der Waals surface area contributed by atoms with Crippen LogP contribution >= 0.6 is 0 Å². The normalized spacial score (nSPS) is 32.1. The van der Waals surface area contributed by atoms with Gasteiger partial charge in [-0.25, -0.2) is 0 Å². The Kier molecular flexibility index (Phi) is 7.59. The van der Waals surface area contributed by atoms with E-state index in [4.69, 9.17) is 19.7 Å². The molecule has 1 aliphatic rings. The summed E-state index contributed by atoms with van der Waals surface area (Å²) in [5.74, 6) is -2.61. The van der Waals surface area contributed by atoms with Crippen molar-refractivity contribution in [1.82, 2.24) is 0 Å². The maximum Gasteiger partial charge on any atom is 0.315 e. The zero-order chi connectivity index (χ0) is 17.6. The first-order chi connectivity index (χ1) is 10.8. The number of esters is 1. The van der Waals surface area contributed by atoms with Gasteiger partial charge in [-0.15, -0.1) is 6.58 Å². The molecule has 1 aliphatic heterocycles. The smallest absolute Gasteiger partial charge is 0.315 e. The highest BCUT2D eigenvalue weighted by Gasteiger charge is 2.45. The summed E-state index contributed by atoms with van der Waals surface area (Å²) in [6, 6.07) is 0. The number of hydrogen-bond donors (Lipinski definition) is 5. The van der Waals surface area contributed by atoms with Crippen LogP contribution in [0.3, 0.4) is 0 Å². The Morgan fingerprint density at radius 2 is 1.87 bits per heavy atom. The molecule has 23 heavy (non-hydrogen) atoms. The number of aliphatic carboxylic acids is 1. The predicted molar refractivity (Wildman–Crippen MR) is 75.0 cm³/mol. The van der Waals surface area contributed by atoms with Crippen LogP contribution in [0, 0.1) is 5.92 Å². The summed E-state index contributed by atoms with van der Waals surface area (Å²) in [5.41, 5.74) is 0. The molecule has 0 aromatic heterocycles. The number of aliphatic hydroxyl groups is 4. The number of rotatable bonds is 8. The van der Waals surface area contributed by atoms with Crippen molar-refractivity contribution in [3.05, 3.63) is 12.7 Å². The van der Waals surface area contributed by atoms with Gasteiger partial charge in [0.1, 0.15) is 24.4 Å². The Morgan fingerprint density at radius 1 is 1.22 bits per heavy atom. The van der Waals surface area contributed by atoms with E-state index in [1.54, 1.807) is 0 Å². The van der Waals surface area contributed by atoms with E-state index in [9.17, 15) is 24.9 Å². The number of ether oxygens (including phenoxy) is 2. The van der Waals surface area contributed by atoms with Crippen LogP contribution in [-0.4, -0.2) is 74.8 Å². The van der Waals surface area contributed by atoms with E-state index in [-0.39, 0.29) is 19.3 Å². The lowest BCUT2D eigenvalue weighted by molar-refractivity contribution is -0.293. The molecule has 1 rings (SSSR count). The molecule has 0 amide bonds. The number of carbonyl (C=O) groups excluding carboxylic acids is 1. The molecule has 0 aromatic rings. The van der Waals surface area contributed by atoms with E-state index < -0.39 is 55.2 Å². The summed E-state index contributed by atoms with van der Waals surface area (Å²) in [6.45, 7) is 2.83. The number of hydrogen-bond acceptors (Lipinski definition) is 8. The van der Waals surface area contributed by atoms with Crippen molar-refractivity contribution in [2.45, 2.75) is 50.0 Å². The third kappa shape index (κ3) is 5.26. The largest absolute Gasteiger partial charge is 0.481 e. The van der Waals surface area contributed by atoms with Crippen LogP contribution in [0.15, 0.2) is 12.7 Å². The third-order valence-corrected chi connectivity index (χ3v) is 3.57. The Hall–Kier alpha value is -1.52. The van der Waals surface area contributed by atoms with Crippen molar-refractivity contribution in [2.24, 2.45) is 5.92 Å². The third-order valence-electron chi connectivity index (χ3n) is 3.57. The second-order valence-electron chi connectivity index (χ2n) is 5.26. The number of carboxylic acid groups (broad SMARTS) is 1. The van der Waals surface area contributed by atoms with Gasteiger partial charge in [-0.05, 0) is 12.8 Å². The topological polar surface area (TPSA) is 154 Å². The molecule has 132 valence electrons. The molecule has 9 nitrogen and oxygen atoms in total. The summed E-state index contributed by atoms with van der Waals surface area (Å²) in [6.07, 6.45) is -6.02. The molecule has 1 heterocycles. The second kappa shape index (κ2) is 8.94. The molecule has 6 atom stereocenters. The summed E-state index contributed by atoms with van der Waals surface area (Å²) >= 11 is 0. The molecular weight excluding hydrogens is 312 g/mol. The van der Waals surface area contributed by atoms with Gasteiger partial charge >= 0.3 is 11.9 Å². The van der Waals surface area contributed by atoms with Crippen molar-refractivity contribution in [3.8, 4) is 0 Å². The van der Waals surface area contributed by atoms with Crippen LogP contribution in [-0.2, 0) is 19.1 Å². The predicted octanol–water partition coefficient (Wildman–Crippen LogP) is -1.61. The van der Waals surface area contributed by atoms with Gasteiger partial charge in [0.05, 0.1) is 12.5 Å². The van der Waals surface area contributed by atoms with E-state index in [1.807, 2.05) is 0 Å². The maximum absolute atomic E-state index is 12.0. The van der Waals surface area contributed by atoms with E-state index in [2.05, 4.69) is 6.58 Å². The molecule has 0 aromatic carbocycles. The molecule has 2 unspecified atom stereocenters. The Balaban J connectivity index is 2.62. The number of aliphatic hydroxyl groups excluding tert-OH is 4. The van der Waals surface area contributed by atoms with Crippen molar-refractivity contribution in [1.29, 1.82) is 0 Å². The van der Waals surface area contributed by atoms with Crippen molar-refractivity contribution < 1.29 is 44.6 Å². The zero-order valence-electron chi connectivity index (χ0n) is 12.4. The first-order valence-corrected chi connectivity index (χ1v) is 7.17. The summed E-state index contributed by atoms with van der Waals surface area (Å²) in [7, 11) is 0. The summed E-state index contributed by atoms with van der Waals surface area (Å²) < 4.78 is 10.0. The second-order valence-corrected chi connectivity index (χ2v) is 5.26.